The molecular weight excluding hydrogens is 198 g/mol. The summed E-state index contributed by atoms with van der Waals surface area (Å²) in [6, 6.07) is 4.04. The molecule has 2 rings (SSSR count). The monoisotopic (exact) mass is 209 g/mol. The zero-order valence-electron chi connectivity index (χ0n) is 7.84. The van der Waals surface area contributed by atoms with Crippen LogP contribution < -0.4 is 0 Å². The van der Waals surface area contributed by atoms with Gasteiger partial charge in [-0.2, -0.15) is 11.3 Å². The van der Waals surface area contributed by atoms with Gasteiger partial charge in [-0.1, -0.05) is 12.1 Å². The lowest BCUT2D eigenvalue weighted by atomic mass is 10.5. The van der Waals surface area contributed by atoms with E-state index < -0.39 is 0 Å². The van der Waals surface area contributed by atoms with Crippen LogP contribution in [0.1, 0.15) is 6.92 Å². The second-order valence-corrected chi connectivity index (χ2v) is 3.36. The van der Waals surface area contributed by atoms with Crippen molar-refractivity contribution in [1.82, 2.24) is 4.90 Å². The highest BCUT2D eigenvalue weighted by Crippen LogP contribution is 2.00. The minimum Gasteiger partial charge on any atom is -0.276 e. The number of carbonyl (C=O) groups is 2. The molecule has 0 saturated carbocycles. The van der Waals surface area contributed by atoms with Crippen molar-refractivity contribution in [3.8, 4) is 0 Å². The van der Waals surface area contributed by atoms with Crippen LogP contribution in [0.5, 0.6) is 0 Å². The van der Waals surface area contributed by atoms with Crippen molar-refractivity contribution in [3.63, 3.8) is 0 Å². The van der Waals surface area contributed by atoms with E-state index in [0.29, 0.717) is 6.54 Å². The van der Waals surface area contributed by atoms with Gasteiger partial charge in [-0.05, 0) is 17.7 Å². The minimum absolute atomic E-state index is 0.206. The summed E-state index contributed by atoms with van der Waals surface area (Å²) in [4.78, 5) is 22.4. The summed E-state index contributed by atoms with van der Waals surface area (Å²) in [5.41, 5.74) is 0. The van der Waals surface area contributed by atoms with Crippen molar-refractivity contribution in [2.45, 2.75) is 6.92 Å². The van der Waals surface area contributed by atoms with E-state index in [2.05, 4.69) is 0 Å². The minimum atomic E-state index is -0.206. The molecule has 4 heteroatoms. The number of carbonyl (C=O) groups excluding carboxylic acids is 2. The molecule has 0 bridgehead atoms. The van der Waals surface area contributed by atoms with Gasteiger partial charge >= 0.3 is 0 Å². The van der Waals surface area contributed by atoms with E-state index in [4.69, 9.17) is 0 Å². The fraction of sp³-hybridized carbons (Fsp3) is 0.200. The lowest BCUT2D eigenvalue weighted by Gasteiger charge is -2.08. The number of hydrogen-bond donors (Lipinski definition) is 0. The first-order valence-electron chi connectivity index (χ1n) is 4.26. The Bertz CT molecular complexity index is 295. The van der Waals surface area contributed by atoms with Gasteiger partial charge in [0.2, 0.25) is 0 Å². The van der Waals surface area contributed by atoms with E-state index in [-0.39, 0.29) is 11.8 Å². The van der Waals surface area contributed by atoms with Crippen LogP contribution in [0.3, 0.4) is 0 Å². The Kier molecular flexibility index (Phi) is 4.07. The molecule has 0 aromatic carbocycles. The highest BCUT2D eigenvalue weighted by Gasteiger charge is 2.20. The van der Waals surface area contributed by atoms with Gasteiger partial charge in [0, 0.05) is 18.7 Å². The fourth-order valence-electron chi connectivity index (χ4n) is 0.970. The largest absolute Gasteiger partial charge is 0.276 e. The highest BCUT2D eigenvalue weighted by molar-refractivity contribution is 7.07. The molecule has 74 valence electrons. The molecule has 0 N–H and O–H groups in total. The molecule has 0 radical (unpaired) electrons. The van der Waals surface area contributed by atoms with Crippen molar-refractivity contribution in [1.29, 1.82) is 0 Å². The molecule has 14 heavy (non-hydrogen) atoms. The van der Waals surface area contributed by atoms with Crippen molar-refractivity contribution >= 4 is 23.2 Å². The number of rotatable bonds is 1. The van der Waals surface area contributed by atoms with Gasteiger partial charge in [0.15, 0.2) is 0 Å². The zero-order valence-corrected chi connectivity index (χ0v) is 8.66. The molecule has 0 saturated heterocycles. The van der Waals surface area contributed by atoms with Gasteiger partial charge in [-0.15, -0.1) is 0 Å². The third-order valence-corrected chi connectivity index (χ3v) is 2.27. The molecule has 1 aromatic rings. The summed E-state index contributed by atoms with van der Waals surface area (Å²) in [6.45, 7) is 2.23. The van der Waals surface area contributed by atoms with E-state index in [9.17, 15) is 9.59 Å². The van der Waals surface area contributed by atoms with E-state index >= 15 is 0 Å². The Morgan fingerprint density at radius 2 is 1.64 bits per heavy atom. The average Bonchev–Trinajstić information content (AvgIpc) is 2.80. The average molecular weight is 209 g/mol. The Balaban J connectivity index is 0.000000165. The summed E-state index contributed by atoms with van der Waals surface area (Å²) in [5.74, 6) is -0.412. The van der Waals surface area contributed by atoms with Crippen LogP contribution in [0.2, 0.25) is 0 Å². The first-order chi connectivity index (χ1) is 6.75. The van der Waals surface area contributed by atoms with Crippen molar-refractivity contribution < 1.29 is 9.59 Å². The van der Waals surface area contributed by atoms with Crippen LogP contribution in [-0.2, 0) is 9.59 Å². The predicted octanol–water partition coefficient (Wildman–Crippen LogP) is 1.68. The summed E-state index contributed by atoms with van der Waals surface area (Å²) in [7, 11) is 0. The maximum absolute atomic E-state index is 10.6. The van der Waals surface area contributed by atoms with E-state index in [0.717, 1.165) is 0 Å². The van der Waals surface area contributed by atoms with Crippen LogP contribution in [0.4, 0.5) is 0 Å². The SMILES string of the molecule is CCN1C(=O)C=CC1=O.c1ccsc1. The number of hydrogen-bond acceptors (Lipinski definition) is 3. The van der Waals surface area contributed by atoms with Gasteiger partial charge in [0.1, 0.15) is 0 Å². The second-order valence-electron chi connectivity index (χ2n) is 2.55. The third-order valence-electron chi connectivity index (χ3n) is 1.64. The Morgan fingerprint density at radius 3 is 1.86 bits per heavy atom. The summed E-state index contributed by atoms with van der Waals surface area (Å²) in [6.07, 6.45) is 2.57. The van der Waals surface area contributed by atoms with Crippen molar-refractivity contribution in [3.05, 3.63) is 35.0 Å². The number of nitrogens with zero attached hydrogens (tertiary/aromatic N) is 1. The van der Waals surface area contributed by atoms with Crippen LogP contribution in [-0.4, -0.2) is 23.3 Å². The maximum atomic E-state index is 10.6. The molecule has 0 aliphatic carbocycles. The molecule has 0 atom stereocenters. The second kappa shape index (κ2) is 5.34. The van der Waals surface area contributed by atoms with Gasteiger partial charge in [-0.3, -0.25) is 14.5 Å². The van der Waals surface area contributed by atoms with Gasteiger partial charge in [0.25, 0.3) is 11.8 Å². The van der Waals surface area contributed by atoms with E-state index in [1.807, 2.05) is 22.9 Å². The number of imide groups is 1. The van der Waals surface area contributed by atoms with Crippen LogP contribution in [0.25, 0.3) is 0 Å². The smallest absolute Gasteiger partial charge is 0.253 e. The number of thiophene rings is 1. The highest BCUT2D eigenvalue weighted by atomic mass is 32.1. The summed E-state index contributed by atoms with van der Waals surface area (Å²) in [5, 5.41) is 4.08. The molecule has 1 aliphatic rings. The Hall–Kier alpha value is -1.42. The quantitative estimate of drug-likeness (QED) is 0.660. The van der Waals surface area contributed by atoms with Crippen molar-refractivity contribution in [2.24, 2.45) is 0 Å². The molecule has 1 aromatic heterocycles. The summed E-state index contributed by atoms with van der Waals surface area (Å²) >= 11 is 1.71. The molecular formula is C10H11NO2S. The van der Waals surface area contributed by atoms with Gasteiger partial charge < -0.3 is 0 Å². The molecule has 0 spiro atoms. The molecule has 1 aliphatic heterocycles. The van der Waals surface area contributed by atoms with Crippen molar-refractivity contribution in [2.75, 3.05) is 6.54 Å². The first kappa shape index (κ1) is 10.7. The number of likely N-dealkylation sites (N-methyl/N-ethyl adjacent to an activating group) is 1. The van der Waals surface area contributed by atoms with Crippen LogP contribution in [0, 0.1) is 0 Å². The molecule has 3 nitrogen and oxygen atoms in total. The molecule has 0 fully saturated rings. The topological polar surface area (TPSA) is 37.4 Å². The fourth-order valence-corrected chi connectivity index (χ4v) is 1.42. The van der Waals surface area contributed by atoms with Gasteiger partial charge in [0.05, 0.1) is 0 Å². The number of amides is 2. The lowest BCUT2D eigenvalue weighted by Crippen LogP contribution is -2.29. The Morgan fingerprint density at radius 1 is 1.14 bits per heavy atom. The van der Waals surface area contributed by atoms with Crippen LogP contribution in [0.15, 0.2) is 35.0 Å². The predicted molar refractivity (Wildman–Crippen MR) is 55.9 cm³/mol. The molecule has 0 unspecified atom stereocenters. The first-order valence-corrected chi connectivity index (χ1v) is 5.20. The van der Waals surface area contributed by atoms with Crippen LogP contribution >= 0.6 is 11.3 Å². The third kappa shape index (κ3) is 2.81. The zero-order chi connectivity index (χ0) is 10.4. The van der Waals surface area contributed by atoms with E-state index in [1.165, 1.54) is 17.1 Å². The van der Waals surface area contributed by atoms with E-state index in [1.54, 1.807) is 18.3 Å². The standard InChI is InChI=1S/C6H7NO2.C4H4S/c1-2-7-5(8)3-4-6(7)9;1-2-4-5-3-1/h3-4H,2H2,1H3;1-4H. The maximum Gasteiger partial charge on any atom is 0.253 e. The summed E-state index contributed by atoms with van der Waals surface area (Å²) < 4.78 is 0. The Labute approximate surface area is 86.7 Å². The molecule has 2 amide bonds. The lowest BCUT2D eigenvalue weighted by molar-refractivity contribution is -0.136. The van der Waals surface area contributed by atoms with Gasteiger partial charge in [-0.25, -0.2) is 0 Å². The normalized spacial score (nSPS) is 14.2. The molecule has 2 heterocycles.